The normalized spacial score (nSPS) is 13.4. The van der Waals surface area contributed by atoms with Gasteiger partial charge in [-0.25, -0.2) is 8.42 Å². The van der Waals surface area contributed by atoms with Crippen molar-refractivity contribution in [2.24, 2.45) is 0 Å². The third kappa shape index (κ3) is 4.69. The van der Waals surface area contributed by atoms with E-state index in [4.69, 9.17) is 11.6 Å². The molecule has 19 heavy (non-hydrogen) atoms. The summed E-state index contributed by atoms with van der Waals surface area (Å²) in [5.74, 6) is -0.689. The molecule has 0 saturated heterocycles. The second-order valence-corrected chi connectivity index (χ2v) is 6.84. The summed E-state index contributed by atoms with van der Waals surface area (Å²) in [7, 11) is -3.47. The van der Waals surface area contributed by atoms with Crippen LogP contribution in [0.3, 0.4) is 0 Å². The minimum absolute atomic E-state index is 0.140. The van der Waals surface area contributed by atoms with Gasteiger partial charge in [-0.05, 0) is 38.1 Å². The van der Waals surface area contributed by atoms with Gasteiger partial charge in [0.05, 0.1) is 5.75 Å². The predicted molar refractivity (Wildman–Crippen MR) is 78.1 cm³/mol. The number of rotatable bonds is 5. The molecule has 1 atom stereocenters. The van der Waals surface area contributed by atoms with Gasteiger partial charge in [0.2, 0.25) is 5.91 Å². The number of carbonyl (C=O) groups is 1. The average molecular weight is 302 g/mol. The summed E-state index contributed by atoms with van der Waals surface area (Å²) in [4.78, 5) is 11.9. The van der Waals surface area contributed by atoms with Crippen LogP contribution < -0.4 is 5.32 Å². The van der Waals surface area contributed by atoms with Crippen LogP contribution in [0.2, 0.25) is 5.02 Å². The highest BCUT2D eigenvalue weighted by Gasteiger charge is 2.26. The van der Waals surface area contributed by atoms with Gasteiger partial charge in [0.15, 0.2) is 9.84 Å². The molecular weight excluding hydrogens is 286 g/mol. The second-order valence-electron chi connectivity index (χ2n) is 4.04. The molecule has 0 heterocycles. The molecule has 104 valence electrons. The van der Waals surface area contributed by atoms with Crippen molar-refractivity contribution >= 4 is 33.0 Å². The lowest BCUT2D eigenvalue weighted by Crippen LogP contribution is -2.33. The molecule has 0 bridgehead atoms. The topological polar surface area (TPSA) is 63.2 Å². The van der Waals surface area contributed by atoms with Crippen LogP contribution >= 0.6 is 11.6 Å². The number of allylic oxidation sites excluding steroid dienone is 1. The highest BCUT2D eigenvalue weighted by molar-refractivity contribution is 7.92. The average Bonchev–Trinajstić information content (AvgIpc) is 2.38. The first-order valence-electron chi connectivity index (χ1n) is 5.76. The Hall–Kier alpha value is -1.33. The third-order valence-corrected chi connectivity index (χ3v) is 4.78. The monoisotopic (exact) mass is 301 g/mol. The van der Waals surface area contributed by atoms with Crippen LogP contribution in [-0.4, -0.2) is 25.3 Å². The molecule has 6 heteroatoms. The number of hydrogen-bond donors (Lipinski definition) is 1. The van der Waals surface area contributed by atoms with Gasteiger partial charge in [0, 0.05) is 10.7 Å². The summed E-state index contributed by atoms with van der Waals surface area (Å²) in [5.41, 5.74) is 0.516. The predicted octanol–water partition coefficient (Wildman–Crippen LogP) is 2.66. The zero-order valence-electron chi connectivity index (χ0n) is 10.8. The van der Waals surface area contributed by atoms with Crippen molar-refractivity contribution in [1.29, 1.82) is 0 Å². The van der Waals surface area contributed by atoms with Crippen molar-refractivity contribution in [2.75, 3.05) is 11.1 Å². The maximum Gasteiger partial charge on any atom is 0.242 e. The van der Waals surface area contributed by atoms with E-state index in [9.17, 15) is 13.2 Å². The van der Waals surface area contributed by atoms with Gasteiger partial charge in [-0.1, -0.05) is 23.8 Å². The SMILES string of the molecule is C/C=C/CS(=O)(=O)[C@H](C)C(=O)Nc1ccc(Cl)cc1. The van der Waals surface area contributed by atoms with Crippen LogP contribution in [0.1, 0.15) is 13.8 Å². The number of carbonyl (C=O) groups excluding carboxylic acids is 1. The van der Waals surface area contributed by atoms with Gasteiger partial charge in [0.1, 0.15) is 5.25 Å². The van der Waals surface area contributed by atoms with Gasteiger partial charge in [-0.2, -0.15) is 0 Å². The van der Waals surface area contributed by atoms with Crippen molar-refractivity contribution in [2.45, 2.75) is 19.1 Å². The van der Waals surface area contributed by atoms with E-state index in [1.165, 1.54) is 13.0 Å². The summed E-state index contributed by atoms with van der Waals surface area (Å²) < 4.78 is 23.7. The molecular formula is C13H16ClNO3S. The first kappa shape index (κ1) is 15.7. The Bertz CT molecular complexity index is 564. The van der Waals surface area contributed by atoms with Crippen LogP contribution in [0.5, 0.6) is 0 Å². The Morgan fingerprint density at radius 3 is 2.47 bits per heavy atom. The Kier molecular flexibility index (Phi) is 5.57. The van der Waals surface area contributed by atoms with Gasteiger partial charge < -0.3 is 5.32 Å². The number of halogens is 1. The summed E-state index contributed by atoms with van der Waals surface area (Å²) >= 11 is 5.72. The highest BCUT2D eigenvalue weighted by Crippen LogP contribution is 2.14. The quantitative estimate of drug-likeness (QED) is 0.850. The van der Waals surface area contributed by atoms with Gasteiger partial charge in [-0.15, -0.1) is 0 Å². The lowest BCUT2D eigenvalue weighted by atomic mass is 10.3. The number of nitrogens with one attached hydrogen (secondary N) is 1. The summed E-state index contributed by atoms with van der Waals surface area (Å²) in [5, 5.41) is 2.00. The van der Waals surface area contributed by atoms with E-state index in [0.717, 1.165) is 0 Å². The van der Waals surface area contributed by atoms with E-state index < -0.39 is 21.0 Å². The number of hydrogen-bond acceptors (Lipinski definition) is 3. The van der Waals surface area contributed by atoms with Crippen LogP contribution in [0, 0.1) is 0 Å². The molecule has 1 aromatic carbocycles. The zero-order valence-corrected chi connectivity index (χ0v) is 12.3. The molecule has 0 spiro atoms. The van der Waals surface area contributed by atoms with E-state index >= 15 is 0 Å². The Morgan fingerprint density at radius 1 is 1.37 bits per heavy atom. The molecule has 1 N–H and O–H groups in total. The molecule has 1 rings (SSSR count). The minimum atomic E-state index is -3.47. The zero-order chi connectivity index (χ0) is 14.5. The summed E-state index contributed by atoms with van der Waals surface area (Å²) in [6.45, 7) is 3.11. The molecule has 0 aliphatic carbocycles. The molecule has 0 aliphatic heterocycles. The third-order valence-electron chi connectivity index (χ3n) is 2.58. The van der Waals surface area contributed by atoms with Crippen LogP contribution in [-0.2, 0) is 14.6 Å². The first-order chi connectivity index (χ1) is 8.86. The fraction of sp³-hybridized carbons (Fsp3) is 0.308. The molecule has 0 saturated carbocycles. The van der Waals surface area contributed by atoms with E-state index in [0.29, 0.717) is 10.7 Å². The number of anilines is 1. The Balaban J connectivity index is 2.75. The summed E-state index contributed by atoms with van der Waals surface area (Å²) in [6, 6.07) is 6.48. The smallest absolute Gasteiger partial charge is 0.242 e. The largest absolute Gasteiger partial charge is 0.325 e. The van der Waals surface area contributed by atoms with Gasteiger partial charge in [-0.3, -0.25) is 4.79 Å². The first-order valence-corrected chi connectivity index (χ1v) is 7.85. The van der Waals surface area contributed by atoms with Crippen molar-refractivity contribution in [3.63, 3.8) is 0 Å². The fourth-order valence-electron chi connectivity index (χ4n) is 1.31. The molecule has 0 aromatic heterocycles. The maximum absolute atomic E-state index is 11.9. The van der Waals surface area contributed by atoms with Crippen molar-refractivity contribution in [1.82, 2.24) is 0 Å². The number of amides is 1. The van der Waals surface area contributed by atoms with E-state index in [1.54, 1.807) is 37.3 Å². The fourth-order valence-corrected chi connectivity index (χ4v) is 2.58. The Morgan fingerprint density at radius 2 is 1.95 bits per heavy atom. The van der Waals surface area contributed by atoms with Crippen LogP contribution in [0.4, 0.5) is 5.69 Å². The Labute approximate surface area is 118 Å². The highest BCUT2D eigenvalue weighted by atomic mass is 35.5. The standard InChI is InChI=1S/C13H16ClNO3S/c1-3-4-9-19(17,18)10(2)13(16)15-12-7-5-11(14)6-8-12/h3-8,10H,9H2,1-2H3,(H,15,16)/b4-3+/t10-/m1/s1. The van der Waals surface area contributed by atoms with Gasteiger partial charge in [0.25, 0.3) is 0 Å². The summed E-state index contributed by atoms with van der Waals surface area (Å²) in [6.07, 6.45) is 3.16. The van der Waals surface area contributed by atoms with Crippen LogP contribution in [0.25, 0.3) is 0 Å². The lowest BCUT2D eigenvalue weighted by Gasteiger charge is -2.12. The number of sulfone groups is 1. The van der Waals surface area contributed by atoms with E-state index in [1.807, 2.05) is 0 Å². The second kappa shape index (κ2) is 6.73. The molecule has 4 nitrogen and oxygen atoms in total. The van der Waals surface area contributed by atoms with Gasteiger partial charge >= 0.3 is 0 Å². The van der Waals surface area contributed by atoms with E-state index in [-0.39, 0.29) is 5.75 Å². The molecule has 0 aliphatic rings. The van der Waals surface area contributed by atoms with Crippen molar-refractivity contribution in [3.05, 3.63) is 41.4 Å². The molecule has 0 radical (unpaired) electrons. The van der Waals surface area contributed by atoms with E-state index in [2.05, 4.69) is 5.32 Å². The molecule has 0 unspecified atom stereocenters. The maximum atomic E-state index is 11.9. The van der Waals surface area contributed by atoms with Crippen molar-refractivity contribution in [3.8, 4) is 0 Å². The minimum Gasteiger partial charge on any atom is -0.325 e. The van der Waals surface area contributed by atoms with Crippen LogP contribution in [0.15, 0.2) is 36.4 Å². The van der Waals surface area contributed by atoms with Crippen molar-refractivity contribution < 1.29 is 13.2 Å². The lowest BCUT2D eigenvalue weighted by molar-refractivity contribution is -0.115. The molecule has 1 amide bonds. The number of benzene rings is 1. The molecule has 0 fully saturated rings. The molecule has 1 aromatic rings.